The Kier molecular flexibility index (Phi) is 3.91. The number of alkyl halides is 2. The molecule has 1 aliphatic heterocycles. The predicted molar refractivity (Wildman–Crippen MR) is 64.7 cm³/mol. The van der Waals surface area contributed by atoms with Crippen molar-refractivity contribution < 1.29 is 13.6 Å². The van der Waals surface area contributed by atoms with E-state index in [1.807, 2.05) is 12.3 Å². The fourth-order valence-electron chi connectivity index (χ4n) is 1.79. The molecule has 7 heteroatoms. The number of nitrogens with zero attached hydrogens (tertiary/aromatic N) is 1. The Bertz CT molecular complexity index is 436. The number of hydrogen-bond acceptors (Lipinski definition) is 4. The van der Waals surface area contributed by atoms with Gasteiger partial charge in [0, 0.05) is 11.8 Å². The third kappa shape index (κ3) is 3.23. The van der Waals surface area contributed by atoms with E-state index in [-0.39, 0.29) is 0 Å². The Balaban J connectivity index is 1.82. The minimum atomic E-state index is -2.78. The first kappa shape index (κ1) is 13.4. The van der Waals surface area contributed by atoms with E-state index in [1.165, 1.54) is 11.3 Å². The number of rotatable bonds is 4. The molecule has 4 nitrogen and oxygen atoms in total. The number of carbonyl (C=O) groups is 1. The summed E-state index contributed by atoms with van der Waals surface area (Å²) >= 11 is 1.54. The molecular formula is C11H15F2N3OS. The van der Waals surface area contributed by atoms with E-state index in [1.54, 1.807) is 0 Å². The summed E-state index contributed by atoms with van der Waals surface area (Å²) in [6, 6.07) is -0.802. The van der Waals surface area contributed by atoms with Crippen molar-refractivity contribution >= 4 is 17.2 Å². The summed E-state index contributed by atoms with van der Waals surface area (Å²) in [5, 5.41) is 8.02. The molecule has 1 amide bonds. The van der Waals surface area contributed by atoms with Crippen molar-refractivity contribution in [2.24, 2.45) is 0 Å². The molecule has 1 aromatic rings. The molecule has 2 heterocycles. The topological polar surface area (TPSA) is 54.0 Å². The highest BCUT2D eigenvalue weighted by atomic mass is 32.1. The van der Waals surface area contributed by atoms with E-state index in [4.69, 9.17) is 0 Å². The van der Waals surface area contributed by atoms with Crippen LogP contribution in [0.25, 0.3) is 0 Å². The van der Waals surface area contributed by atoms with Gasteiger partial charge < -0.3 is 5.32 Å². The van der Waals surface area contributed by atoms with Gasteiger partial charge in [-0.15, -0.1) is 11.3 Å². The summed E-state index contributed by atoms with van der Waals surface area (Å²) in [6.07, 6.45) is 0.422. The number of carbonyl (C=O) groups excluding carboxylic acids is 1. The van der Waals surface area contributed by atoms with Gasteiger partial charge >= 0.3 is 0 Å². The molecule has 1 aliphatic rings. The van der Waals surface area contributed by atoms with Gasteiger partial charge in [-0.05, 0) is 6.42 Å². The van der Waals surface area contributed by atoms with E-state index < -0.39 is 30.8 Å². The Morgan fingerprint density at radius 2 is 2.50 bits per heavy atom. The number of hydrogen-bond donors (Lipinski definition) is 2. The third-order valence-corrected chi connectivity index (χ3v) is 3.81. The average Bonchev–Trinajstić information content (AvgIpc) is 2.92. The molecule has 2 N–H and O–H groups in total. The van der Waals surface area contributed by atoms with Crippen LogP contribution in [0.4, 0.5) is 8.78 Å². The number of nitrogens with one attached hydrogen (secondary N) is 2. The van der Waals surface area contributed by atoms with E-state index in [0.29, 0.717) is 6.54 Å². The summed E-state index contributed by atoms with van der Waals surface area (Å²) in [4.78, 5) is 15.9. The molecule has 18 heavy (non-hydrogen) atoms. The van der Waals surface area contributed by atoms with Crippen molar-refractivity contribution in [3.05, 3.63) is 16.1 Å². The van der Waals surface area contributed by atoms with E-state index >= 15 is 0 Å². The van der Waals surface area contributed by atoms with Gasteiger partial charge in [0.25, 0.3) is 5.92 Å². The Morgan fingerprint density at radius 1 is 1.72 bits per heavy atom. The molecule has 0 saturated carbocycles. The van der Waals surface area contributed by atoms with Crippen LogP contribution >= 0.6 is 11.3 Å². The number of amides is 1. The predicted octanol–water partition coefficient (Wildman–Crippen LogP) is 1.32. The van der Waals surface area contributed by atoms with Crippen molar-refractivity contribution in [1.82, 2.24) is 15.6 Å². The molecular weight excluding hydrogens is 260 g/mol. The van der Waals surface area contributed by atoms with Gasteiger partial charge in [0.15, 0.2) is 0 Å². The fraction of sp³-hybridized carbons (Fsp3) is 0.636. The maximum atomic E-state index is 12.9. The fourth-order valence-corrected chi connectivity index (χ4v) is 2.54. The van der Waals surface area contributed by atoms with E-state index in [9.17, 15) is 13.6 Å². The van der Waals surface area contributed by atoms with Gasteiger partial charge in [-0.3, -0.25) is 10.1 Å². The zero-order chi connectivity index (χ0) is 13.2. The van der Waals surface area contributed by atoms with Crippen LogP contribution in [-0.4, -0.2) is 29.4 Å². The number of thiazole rings is 1. The number of halogens is 2. The largest absolute Gasteiger partial charge is 0.349 e. The molecule has 1 unspecified atom stereocenters. The molecule has 1 aromatic heterocycles. The summed E-state index contributed by atoms with van der Waals surface area (Å²) in [5.74, 6) is -3.17. The van der Waals surface area contributed by atoms with Gasteiger partial charge in [-0.25, -0.2) is 13.8 Å². The van der Waals surface area contributed by atoms with Crippen LogP contribution in [-0.2, 0) is 17.8 Å². The van der Waals surface area contributed by atoms with Crippen LogP contribution in [0.15, 0.2) is 5.38 Å². The second-order valence-electron chi connectivity index (χ2n) is 4.30. The average molecular weight is 275 g/mol. The lowest BCUT2D eigenvalue weighted by atomic mass is 10.2. The van der Waals surface area contributed by atoms with Crippen molar-refractivity contribution in [3.8, 4) is 0 Å². The molecule has 0 aliphatic carbocycles. The lowest BCUT2D eigenvalue weighted by molar-refractivity contribution is -0.123. The van der Waals surface area contributed by atoms with E-state index in [2.05, 4.69) is 15.6 Å². The zero-order valence-corrected chi connectivity index (χ0v) is 10.8. The van der Waals surface area contributed by atoms with Crippen molar-refractivity contribution in [1.29, 1.82) is 0 Å². The van der Waals surface area contributed by atoms with Gasteiger partial charge in [-0.2, -0.15) is 0 Å². The van der Waals surface area contributed by atoms with Gasteiger partial charge in [0.1, 0.15) is 0 Å². The van der Waals surface area contributed by atoms with Crippen LogP contribution in [0.1, 0.15) is 24.0 Å². The first-order valence-corrected chi connectivity index (χ1v) is 6.70. The Hall–Kier alpha value is -1.08. The number of aromatic nitrogens is 1. The molecule has 1 fully saturated rings. The molecule has 0 spiro atoms. The van der Waals surface area contributed by atoms with E-state index in [0.717, 1.165) is 17.1 Å². The normalized spacial score (nSPS) is 22.1. The zero-order valence-electron chi connectivity index (χ0n) is 10.0. The van der Waals surface area contributed by atoms with Crippen molar-refractivity contribution in [3.63, 3.8) is 0 Å². The van der Waals surface area contributed by atoms with Crippen LogP contribution in [0.3, 0.4) is 0 Å². The van der Waals surface area contributed by atoms with Gasteiger partial charge in [0.2, 0.25) is 5.91 Å². The maximum Gasteiger partial charge on any atom is 0.262 e. The highest BCUT2D eigenvalue weighted by Gasteiger charge is 2.42. The Morgan fingerprint density at radius 3 is 3.06 bits per heavy atom. The SMILES string of the molecule is CCc1nc(CNC(=O)C2CC(F)(F)CN2)cs1. The standard InChI is InChI=1S/C11H15F2N3OS/c1-2-9-16-7(5-18-9)4-14-10(17)8-3-11(12,13)6-15-8/h5,8,15H,2-4,6H2,1H3,(H,14,17). The smallest absolute Gasteiger partial charge is 0.262 e. The third-order valence-electron chi connectivity index (χ3n) is 2.77. The summed E-state index contributed by atoms with van der Waals surface area (Å²) in [6.45, 7) is 1.87. The van der Waals surface area contributed by atoms with Crippen molar-refractivity contribution in [2.75, 3.05) is 6.54 Å². The monoisotopic (exact) mass is 275 g/mol. The molecule has 0 aromatic carbocycles. The highest BCUT2D eigenvalue weighted by Crippen LogP contribution is 2.25. The molecule has 1 saturated heterocycles. The second kappa shape index (κ2) is 5.27. The molecule has 1 atom stereocenters. The summed E-state index contributed by atoms with van der Waals surface area (Å²) < 4.78 is 25.8. The first-order chi connectivity index (χ1) is 8.50. The van der Waals surface area contributed by atoms with Crippen LogP contribution in [0.2, 0.25) is 0 Å². The second-order valence-corrected chi connectivity index (χ2v) is 5.24. The van der Waals surface area contributed by atoms with Gasteiger partial charge in [0.05, 0.1) is 29.8 Å². The van der Waals surface area contributed by atoms with Crippen LogP contribution in [0.5, 0.6) is 0 Å². The molecule has 0 bridgehead atoms. The molecule has 2 rings (SSSR count). The van der Waals surface area contributed by atoms with Crippen molar-refractivity contribution in [2.45, 2.75) is 38.3 Å². The highest BCUT2D eigenvalue weighted by molar-refractivity contribution is 7.09. The summed E-state index contributed by atoms with van der Waals surface area (Å²) in [7, 11) is 0. The first-order valence-electron chi connectivity index (χ1n) is 5.82. The maximum absolute atomic E-state index is 12.9. The van der Waals surface area contributed by atoms with Gasteiger partial charge in [-0.1, -0.05) is 6.92 Å². The minimum Gasteiger partial charge on any atom is -0.349 e. The minimum absolute atomic E-state index is 0.291. The van der Waals surface area contributed by atoms with Crippen LogP contribution < -0.4 is 10.6 Å². The number of aryl methyl sites for hydroxylation is 1. The molecule has 0 radical (unpaired) electrons. The quantitative estimate of drug-likeness (QED) is 0.871. The Labute approximate surface area is 108 Å². The van der Waals surface area contributed by atoms with Crippen LogP contribution in [0, 0.1) is 0 Å². The molecule has 100 valence electrons. The lowest BCUT2D eigenvalue weighted by Gasteiger charge is -2.10. The lowest BCUT2D eigenvalue weighted by Crippen LogP contribution is -2.40. The summed E-state index contributed by atoms with van der Waals surface area (Å²) in [5.41, 5.74) is 0.773.